The molecule has 0 fully saturated rings. The van der Waals surface area contributed by atoms with Crippen molar-refractivity contribution < 1.29 is 32.3 Å². The van der Waals surface area contributed by atoms with Gasteiger partial charge < -0.3 is 19.1 Å². The molecule has 0 radical (unpaired) electrons. The molecular weight excluding hydrogens is 512 g/mol. The van der Waals surface area contributed by atoms with Crippen molar-refractivity contribution in [3.05, 3.63) is 113 Å². The van der Waals surface area contributed by atoms with Gasteiger partial charge in [0, 0.05) is 10.6 Å². The molecule has 38 heavy (non-hydrogen) atoms. The molecule has 0 aliphatic rings. The fraction of sp³-hybridized carbons (Fsp3) is 0.200. The SMILES string of the molecule is COc1ccc(P(=O)(c2ccc(OC)cc2)C(c2ccccc2)(c2cc(C)c(O)c(C)c2)C(F)(F)F)cc1. The molecule has 1 N–H and O–H groups in total. The molecule has 1 unspecified atom stereocenters. The lowest BCUT2D eigenvalue weighted by Gasteiger charge is -2.43. The number of aromatic hydroxyl groups is 1. The van der Waals surface area contributed by atoms with E-state index < -0.39 is 18.5 Å². The number of rotatable bonds is 7. The van der Waals surface area contributed by atoms with Crippen LogP contribution in [0.15, 0.2) is 91.0 Å². The van der Waals surface area contributed by atoms with E-state index in [2.05, 4.69) is 0 Å². The van der Waals surface area contributed by atoms with Crippen molar-refractivity contribution in [1.82, 2.24) is 0 Å². The molecule has 4 aromatic carbocycles. The number of phenols is 1. The predicted molar refractivity (Wildman–Crippen MR) is 144 cm³/mol. The molecule has 4 nitrogen and oxygen atoms in total. The number of hydrogen-bond acceptors (Lipinski definition) is 4. The van der Waals surface area contributed by atoms with Crippen LogP contribution in [-0.4, -0.2) is 25.5 Å². The lowest BCUT2D eigenvalue weighted by Crippen LogP contribution is -2.48. The average Bonchev–Trinajstić information content (AvgIpc) is 2.91. The Morgan fingerprint density at radius 2 is 1.11 bits per heavy atom. The second-order valence-corrected chi connectivity index (χ2v) is 12.0. The smallest absolute Gasteiger partial charge is 0.409 e. The quantitative estimate of drug-likeness (QED) is 0.261. The Morgan fingerprint density at radius 1 is 0.684 bits per heavy atom. The third kappa shape index (κ3) is 4.25. The Morgan fingerprint density at radius 3 is 1.47 bits per heavy atom. The largest absolute Gasteiger partial charge is 0.507 e. The van der Waals surface area contributed by atoms with Gasteiger partial charge in [-0.1, -0.05) is 42.5 Å². The van der Waals surface area contributed by atoms with Gasteiger partial charge in [-0.15, -0.1) is 0 Å². The summed E-state index contributed by atoms with van der Waals surface area (Å²) >= 11 is 0. The Labute approximate surface area is 220 Å². The van der Waals surface area contributed by atoms with Gasteiger partial charge in [0.2, 0.25) is 0 Å². The van der Waals surface area contributed by atoms with Gasteiger partial charge in [-0.25, -0.2) is 0 Å². The summed E-state index contributed by atoms with van der Waals surface area (Å²) in [6, 6.07) is 21.6. The van der Waals surface area contributed by atoms with Crippen LogP contribution in [0, 0.1) is 13.8 Å². The predicted octanol–water partition coefficient (Wildman–Crippen LogP) is 6.85. The topological polar surface area (TPSA) is 55.8 Å². The summed E-state index contributed by atoms with van der Waals surface area (Å²) in [4.78, 5) is 0. The average molecular weight is 541 g/mol. The fourth-order valence-electron chi connectivity index (χ4n) is 5.00. The van der Waals surface area contributed by atoms with Crippen molar-refractivity contribution >= 4 is 17.8 Å². The molecule has 4 aromatic rings. The number of alkyl halides is 3. The second-order valence-electron chi connectivity index (χ2n) is 9.04. The number of halogens is 3. The van der Waals surface area contributed by atoms with E-state index in [1.807, 2.05) is 0 Å². The standard InChI is InChI=1S/C30H28F3O4P/c1-20-18-23(19-21(2)28(20)34)29(30(31,32)33,22-8-6-5-7-9-22)38(35,26-14-10-24(36-3)11-15-26)27-16-12-25(37-4)13-17-27/h5-19,34H,1-4H3. The van der Waals surface area contributed by atoms with Crippen molar-refractivity contribution in [2.24, 2.45) is 0 Å². The first-order valence-corrected chi connectivity index (χ1v) is 13.5. The van der Waals surface area contributed by atoms with E-state index >= 15 is 17.7 Å². The van der Waals surface area contributed by atoms with Crippen LogP contribution in [0.3, 0.4) is 0 Å². The van der Waals surface area contributed by atoms with Crippen molar-refractivity contribution in [2.75, 3.05) is 14.2 Å². The Kier molecular flexibility index (Phi) is 7.35. The van der Waals surface area contributed by atoms with Crippen molar-refractivity contribution in [3.8, 4) is 17.2 Å². The zero-order valence-corrected chi connectivity index (χ0v) is 22.3. The van der Waals surface area contributed by atoms with Gasteiger partial charge >= 0.3 is 6.18 Å². The molecule has 0 aliphatic carbocycles. The van der Waals surface area contributed by atoms with Crippen molar-refractivity contribution in [3.63, 3.8) is 0 Å². The van der Waals surface area contributed by atoms with Crippen molar-refractivity contribution in [2.45, 2.75) is 25.2 Å². The molecule has 0 saturated carbocycles. The molecule has 0 heterocycles. The summed E-state index contributed by atoms with van der Waals surface area (Å²) in [7, 11) is -1.77. The minimum Gasteiger partial charge on any atom is -0.507 e. The molecule has 4 rings (SSSR count). The maximum Gasteiger partial charge on any atom is 0.409 e. The van der Waals surface area contributed by atoms with Crippen molar-refractivity contribution in [1.29, 1.82) is 0 Å². The highest BCUT2D eigenvalue weighted by atomic mass is 31.2. The summed E-state index contributed by atoms with van der Waals surface area (Å²) in [6.07, 6.45) is -5.03. The number of benzene rings is 4. The van der Waals surface area contributed by atoms with E-state index in [1.165, 1.54) is 113 Å². The third-order valence-corrected chi connectivity index (χ3v) is 10.6. The first kappa shape index (κ1) is 27.3. The molecule has 8 heteroatoms. The highest BCUT2D eigenvalue weighted by Crippen LogP contribution is 2.71. The van der Waals surface area contributed by atoms with E-state index in [0.717, 1.165) is 0 Å². The van der Waals surface area contributed by atoms with Gasteiger partial charge in [-0.05, 0) is 84.6 Å². The fourth-order valence-corrected chi connectivity index (χ4v) is 8.57. The summed E-state index contributed by atoms with van der Waals surface area (Å²) < 4.78 is 74.1. The summed E-state index contributed by atoms with van der Waals surface area (Å²) in [5, 5.41) is 7.47. The van der Waals surface area contributed by atoms with E-state index in [4.69, 9.17) is 9.47 Å². The van der Waals surface area contributed by atoms with E-state index in [1.54, 1.807) is 6.07 Å². The van der Waals surface area contributed by atoms with Gasteiger partial charge in [0.15, 0.2) is 12.3 Å². The molecule has 1 atom stereocenters. The Bertz CT molecular complexity index is 1390. The number of methoxy groups -OCH3 is 2. The van der Waals surface area contributed by atoms with Crippen LogP contribution < -0.4 is 20.1 Å². The van der Waals surface area contributed by atoms with Gasteiger partial charge in [0.05, 0.1) is 14.2 Å². The second kappa shape index (κ2) is 10.2. The Hall–Kier alpha value is -3.70. The van der Waals surface area contributed by atoms with Gasteiger partial charge in [0.25, 0.3) is 0 Å². The molecule has 0 aliphatic heterocycles. The first-order valence-electron chi connectivity index (χ1n) is 11.8. The maximum absolute atomic E-state index is 16.0. The van der Waals surface area contributed by atoms with E-state index in [0.29, 0.717) is 11.5 Å². The molecular formula is C30H28F3O4P. The van der Waals surface area contributed by atoms with Crippen LogP contribution in [0.1, 0.15) is 22.3 Å². The Balaban J connectivity index is 2.26. The monoisotopic (exact) mass is 540 g/mol. The van der Waals surface area contributed by atoms with Crippen LogP contribution in [0.2, 0.25) is 0 Å². The van der Waals surface area contributed by atoms with Crippen LogP contribution in [0.4, 0.5) is 13.2 Å². The molecule has 0 aromatic heterocycles. The van der Waals surface area contributed by atoms with Crippen LogP contribution in [-0.2, 0) is 9.72 Å². The molecule has 0 amide bonds. The first-order chi connectivity index (χ1) is 18.0. The molecule has 0 bridgehead atoms. The highest BCUT2D eigenvalue weighted by molar-refractivity contribution is 7.80. The third-order valence-electron chi connectivity index (χ3n) is 6.86. The zero-order valence-electron chi connectivity index (χ0n) is 21.4. The number of ether oxygens (including phenoxy) is 2. The van der Waals surface area contributed by atoms with Gasteiger partial charge in [-0.2, -0.15) is 13.2 Å². The summed E-state index contributed by atoms with van der Waals surface area (Å²) in [5.74, 6) is 0.731. The van der Waals surface area contributed by atoms with E-state index in [-0.39, 0.29) is 38.6 Å². The maximum atomic E-state index is 16.0. The van der Waals surface area contributed by atoms with Gasteiger partial charge in [-0.3, -0.25) is 0 Å². The lowest BCUT2D eigenvalue weighted by atomic mass is 9.87. The number of phenolic OH excluding ortho intramolecular Hbond substituents is 1. The van der Waals surface area contributed by atoms with Crippen LogP contribution in [0.5, 0.6) is 17.2 Å². The minimum atomic E-state index is -5.03. The van der Waals surface area contributed by atoms with Crippen LogP contribution >= 0.6 is 7.14 Å². The number of hydrogen-bond donors (Lipinski definition) is 1. The minimum absolute atomic E-state index is 0.00743. The summed E-state index contributed by atoms with van der Waals surface area (Å²) in [5.41, 5.74) is 0.104. The molecule has 0 spiro atoms. The van der Waals surface area contributed by atoms with Gasteiger partial charge in [0.1, 0.15) is 17.2 Å². The number of aryl methyl sites for hydroxylation is 2. The molecule has 0 saturated heterocycles. The highest BCUT2D eigenvalue weighted by Gasteiger charge is 2.68. The lowest BCUT2D eigenvalue weighted by molar-refractivity contribution is -0.154. The van der Waals surface area contributed by atoms with Crippen LogP contribution in [0.25, 0.3) is 0 Å². The summed E-state index contributed by atoms with van der Waals surface area (Å²) in [6.45, 7) is 3.06. The molecule has 198 valence electrons. The zero-order chi connectivity index (χ0) is 27.7. The normalized spacial score (nSPS) is 13.6. The van der Waals surface area contributed by atoms with E-state index in [9.17, 15) is 5.11 Å².